The molecule has 1 saturated heterocycles. The zero-order chi connectivity index (χ0) is 13.9. The van der Waals surface area contributed by atoms with E-state index in [1.165, 1.54) is 0 Å². The van der Waals surface area contributed by atoms with Gasteiger partial charge >= 0.3 is 0 Å². The van der Waals surface area contributed by atoms with Crippen LogP contribution in [0.25, 0.3) is 11.4 Å². The number of anilines is 1. The lowest BCUT2D eigenvalue weighted by atomic mass is 10.1. The van der Waals surface area contributed by atoms with Crippen LogP contribution in [0.3, 0.4) is 0 Å². The predicted molar refractivity (Wildman–Crippen MR) is 73.1 cm³/mol. The lowest BCUT2D eigenvalue weighted by molar-refractivity contribution is 0.181. The predicted octanol–water partition coefficient (Wildman–Crippen LogP) is 0.967. The number of nitrogen functional groups attached to an aromatic ring is 1. The maximum absolute atomic E-state index is 6.02. The highest BCUT2D eigenvalue weighted by Gasteiger charge is 2.20. The highest BCUT2D eigenvalue weighted by atomic mass is 16.5. The molecule has 1 atom stereocenters. The number of hydrogen-bond donors (Lipinski definition) is 1. The maximum Gasteiger partial charge on any atom is 0.184 e. The van der Waals surface area contributed by atoms with Gasteiger partial charge in [0.15, 0.2) is 5.82 Å². The highest BCUT2D eigenvalue weighted by molar-refractivity contribution is 5.73. The second-order valence-corrected chi connectivity index (χ2v) is 4.87. The summed E-state index contributed by atoms with van der Waals surface area (Å²) in [6, 6.07) is 5.46. The molecule has 1 aliphatic heterocycles. The van der Waals surface area contributed by atoms with E-state index in [1.807, 2.05) is 12.1 Å². The minimum atomic E-state index is 0.448. The van der Waals surface area contributed by atoms with Crippen LogP contribution in [-0.2, 0) is 11.3 Å². The molecule has 2 N–H and O–H groups in total. The first-order valence-corrected chi connectivity index (χ1v) is 6.55. The fraction of sp³-hybridized carbons (Fsp3) is 0.462. The van der Waals surface area contributed by atoms with Crippen molar-refractivity contribution in [3.05, 3.63) is 18.2 Å². The van der Waals surface area contributed by atoms with Crippen molar-refractivity contribution in [1.82, 2.24) is 20.2 Å². The third-order valence-electron chi connectivity index (χ3n) is 3.49. The second-order valence-electron chi connectivity index (χ2n) is 4.87. The van der Waals surface area contributed by atoms with E-state index < -0.39 is 0 Å². The molecule has 0 spiro atoms. The van der Waals surface area contributed by atoms with Crippen molar-refractivity contribution in [1.29, 1.82) is 0 Å². The number of nitrogens with zero attached hydrogens (tertiary/aromatic N) is 4. The summed E-state index contributed by atoms with van der Waals surface area (Å²) in [4.78, 5) is 0. The van der Waals surface area contributed by atoms with E-state index in [4.69, 9.17) is 15.2 Å². The molecule has 0 bridgehead atoms. The minimum absolute atomic E-state index is 0.448. The van der Waals surface area contributed by atoms with Gasteiger partial charge in [-0.25, -0.2) is 4.68 Å². The van der Waals surface area contributed by atoms with Crippen LogP contribution in [0.2, 0.25) is 0 Å². The molecule has 3 rings (SSSR count). The molecule has 7 nitrogen and oxygen atoms in total. The summed E-state index contributed by atoms with van der Waals surface area (Å²) in [5.41, 5.74) is 7.44. The molecular weight excluding hydrogens is 258 g/mol. The fourth-order valence-electron chi connectivity index (χ4n) is 2.35. The van der Waals surface area contributed by atoms with Crippen molar-refractivity contribution >= 4 is 5.69 Å². The molecule has 0 saturated carbocycles. The van der Waals surface area contributed by atoms with Crippen molar-refractivity contribution in [2.45, 2.75) is 13.0 Å². The van der Waals surface area contributed by atoms with Crippen molar-refractivity contribution in [3.63, 3.8) is 0 Å². The van der Waals surface area contributed by atoms with Gasteiger partial charge in [0, 0.05) is 23.8 Å². The molecule has 20 heavy (non-hydrogen) atoms. The zero-order valence-corrected chi connectivity index (χ0v) is 11.3. The third kappa shape index (κ3) is 2.44. The average molecular weight is 275 g/mol. The number of benzene rings is 1. The molecule has 1 aliphatic rings. The van der Waals surface area contributed by atoms with Gasteiger partial charge in [-0.05, 0) is 35.0 Å². The van der Waals surface area contributed by atoms with Crippen molar-refractivity contribution in [2.24, 2.45) is 5.92 Å². The number of tetrazole rings is 1. The van der Waals surface area contributed by atoms with Gasteiger partial charge in [0.05, 0.1) is 20.3 Å². The number of nitrogens with two attached hydrogens (primary N) is 1. The molecule has 1 aromatic carbocycles. The van der Waals surface area contributed by atoms with E-state index in [0.717, 1.165) is 37.5 Å². The van der Waals surface area contributed by atoms with E-state index in [9.17, 15) is 0 Å². The van der Waals surface area contributed by atoms with E-state index in [0.29, 0.717) is 17.4 Å². The highest BCUT2D eigenvalue weighted by Crippen LogP contribution is 2.28. The van der Waals surface area contributed by atoms with E-state index in [-0.39, 0.29) is 0 Å². The van der Waals surface area contributed by atoms with Gasteiger partial charge in [-0.2, -0.15) is 0 Å². The summed E-state index contributed by atoms with van der Waals surface area (Å²) in [7, 11) is 1.62. The Morgan fingerprint density at radius 2 is 2.40 bits per heavy atom. The first-order valence-electron chi connectivity index (χ1n) is 6.55. The Balaban J connectivity index is 1.92. The number of aromatic nitrogens is 4. The number of hydrogen-bond acceptors (Lipinski definition) is 6. The summed E-state index contributed by atoms with van der Waals surface area (Å²) >= 11 is 0. The molecule has 2 heterocycles. The molecule has 2 aromatic rings. The molecule has 0 aliphatic carbocycles. The Bertz CT molecular complexity index is 592. The largest absolute Gasteiger partial charge is 0.497 e. The third-order valence-corrected chi connectivity index (χ3v) is 3.49. The summed E-state index contributed by atoms with van der Waals surface area (Å²) in [6.07, 6.45) is 1.03. The first kappa shape index (κ1) is 12.9. The van der Waals surface area contributed by atoms with Crippen molar-refractivity contribution < 1.29 is 9.47 Å². The quantitative estimate of drug-likeness (QED) is 0.836. The Morgan fingerprint density at radius 3 is 3.15 bits per heavy atom. The van der Waals surface area contributed by atoms with Gasteiger partial charge in [-0.3, -0.25) is 0 Å². The Kier molecular flexibility index (Phi) is 3.51. The van der Waals surface area contributed by atoms with Gasteiger partial charge in [0.2, 0.25) is 0 Å². The number of ether oxygens (including phenoxy) is 2. The molecule has 1 unspecified atom stereocenters. The monoisotopic (exact) mass is 275 g/mol. The van der Waals surface area contributed by atoms with Gasteiger partial charge in [-0.15, -0.1) is 5.10 Å². The summed E-state index contributed by atoms with van der Waals surface area (Å²) in [6.45, 7) is 2.30. The maximum atomic E-state index is 6.02. The normalized spacial score (nSPS) is 18.4. The molecule has 0 radical (unpaired) electrons. The molecular formula is C13H17N5O2. The van der Waals surface area contributed by atoms with Crippen LogP contribution in [0.5, 0.6) is 5.75 Å². The van der Waals surface area contributed by atoms with Crippen LogP contribution in [0.4, 0.5) is 5.69 Å². The van der Waals surface area contributed by atoms with E-state index in [2.05, 4.69) is 15.5 Å². The number of rotatable bonds is 4. The zero-order valence-electron chi connectivity index (χ0n) is 11.3. The second kappa shape index (κ2) is 5.46. The van der Waals surface area contributed by atoms with Gasteiger partial charge < -0.3 is 15.2 Å². The van der Waals surface area contributed by atoms with Gasteiger partial charge in [0.1, 0.15) is 5.75 Å². The topological polar surface area (TPSA) is 88.1 Å². The molecule has 1 aromatic heterocycles. The SMILES string of the molecule is COc1ccc(N)c(-c2nnnn2CC2CCOC2)c1. The van der Waals surface area contributed by atoms with Gasteiger partial charge in [-0.1, -0.05) is 0 Å². The van der Waals surface area contributed by atoms with E-state index >= 15 is 0 Å². The Morgan fingerprint density at radius 1 is 1.50 bits per heavy atom. The fourth-order valence-corrected chi connectivity index (χ4v) is 2.35. The Hall–Kier alpha value is -2.15. The van der Waals surface area contributed by atoms with Gasteiger partial charge in [0.25, 0.3) is 0 Å². The lowest BCUT2D eigenvalue weighted by Gasteiger charge is -2.11. The Labute approximate surface area is 116 Å². The first-order chi connectivity index (χ1) is 9.78. The van der Waals surface area contributed by atoms with Crippen molar-refractivity contribution in [2.75, 3.05) is 26.1 Å². The van der Waals surface area contributed by atoms with Crippen LogP contribution >= 0.6 is 0 Å². The van der Waals surface area contributed by atoms with Crippen LogP contribution in [0.1, 0.15) is 6.42 Å². The van der Waals surface area contributed by atoms with Crippen molar-refractivity contribution in [3.8, 4) is 17.1 Å². The molecule has 1 fully saturated rings. The van der Waals surface area contributed by atoms with Crippen LogP contribution in [0, 0.1) is 5.92 Å². The van der Waals surface area contributed by atoms with Crippen LogP contribution in [-0.4, -0.2) is 40.5 Å². The smallest absolute Gasteiger partial charge is 0.184 e. The number of methoxy groups -OCH3 is 1. The summed E-state index contributed by atoms with van der Waals surface area (Å²) in [5.74, 6) is 1.84. The average Bonchev–Trinajstić information content (AvgIpc) is 3.12. The lowest BCUT2D eigenvalue weighted by Crippen LogP contribution is -2.13. The van der Waals surface area contributed by atoms with E-state index in [1.54, 1.807) is 17.9 Å². The van der Waals surface area contributed by atoms with Crippen LogP contribution in [0.15, 0.2) is 18.2 Å². The molecule has 7 heteroatoms. The summed E-state index contributed by atoms with van der Waals surface area (Å²) in [5, 5.41) is 11.9. The van der Waals surface area contributed by atoms with Crippen LogP contribution < -0.4 is 10.5 Å². The summed E-state index contributed by atoms with van der Waals surface area (Å²) < 4.78 is 12.4. The molecule has 106 valence electrons. The minimum Gasteiger partial charge on any atom is -0.497 e. The molecule has 0 amide bonds. The standard InChI is InChI=1S/C13H17N5O2/c1-19-10-2-3-12(14)11(6-10)13-15-16-17-18(13)7-9-4-5-20-8-9/h2-3,6,9H,4-5,7-8,14H2,1H3.